The van der Waals surface area contributed by atoms with Crippen LogP contribution in [0.25, 0.3) is 0 Å². The zero-order valence-electron chi connectivity index (χ0n) is 22.4. The second kappa shape index (κ2) is 12.9. The van der Waals surface area contributed by atoms with Gasteiger partial charge in [-0.2, -0.15) is 13.2 Å². The van der Waals surface area contributed by atoms with Crippen LogP contribution in [0.15, 0.2) is 46.8 Å². The Kier molecular flexibility index (Phi) is 9.73. The molecule has 42 heavy (non-hydrogen) atoms. The van der Waals surface area contributed by atoms with Gasteiger partial charge >= 0.3 is 12.1 Å². The molecule has 0 radical (unpaired) electrons. The van der Waals surface area contributed by atoms with Crippen molar-refractivity contribution in [1.29, 1.82) is 0 Å². The van der Waals surface area contributed by atoms with E-state index in [0.29, 0.717) is 36.3 Å². The van der Waals surface area contributed by atoms with Gasteiger partial charge in [-0.3, -0.25) is 4.79 Å². The summed E-state index contributed by atoms with van der Waals surface area (Å²) >= 11 is 7.42. The molecule has 2 atom stereocenters. The maximum absolute atomic E-state index is 15.5. The van der Waals surface area contributed by atoms with Gasteiger partial charge in [0.2, 0.25) is 0 Å². The van der Waals surface area contributed by atoms with Gasteiger partial charge in [0.25, 0.3) is 10.0 Å². The molecular formula is C26H27ClF4N4O5S2. The summed E-state index contributed by atoms with van der Waals surface area (Å²) in [4.78, 5) is 14.9. The predicted octanol–water partition coefficient (Wildman–Crippen LogP) is 5.75. The Bertz CT molecular complexity index is 1520. The van der Waals surface area contributed by atoms with E-state index in [0.717, 1.165) is 27.8 Å². The number of carbonyl (C=O) groups is 1. The lowest BCUT2D eigenvalue weighted by Crippen LogP contribution is -2.52. The number of thiazole rings is 1. The smallest absolute Gasteiger partial charge is 0.471 e. The highest BCUT2D eigenvalue weighted by molar-refractivity contribution is 7.93. The number of halogens is 5. The lowest BCUT2D eigenvalue weighted by Gasteiger charge is -2.34. The topological polar surface area (TPSA) is 110 Å². The second-order valence-corrected chi connectivity index (χ2v) is 12.5. The average molecular weight is 651 g/mol. The van der Waals surface area contributed by atoms with Crippen LogP contribution in [0.1, 0.15) is 31.2 Å². The number of ether oxygens (including phenoxy) is 2. The summed E-state index contributed by atoms with van der Waals surface area (Å²) in [6, 6.07) is 5.04. The average Bonchev–Trinajstić information content (AvgIpc) is 3.48. The minimum Gasteiger partial charge on any atom is -0.497 e. The first-order valence-corrected chi connectivity index (χ1v) is 15.3. The van der Waals surface area contributed by atoms with Crippen LogP contribution in [-0.2, 0) is 21.4 Å². The van der Waals surface area contributed by atoms with E-state index in [1.165, 1.54) is 20.4 Å². The maximum atomic E-state index is 15.5. The number of hydrogen-bond donors (Lipinski definition) is 2. The number of nitrogens with zero attached hydrogens (tertiary/aromatic N) is 2. The Morgan fingerprint density at radius 3 is 2.48 bits per heavy atom. The molecule has 2 aromatic carbocycles. The van der Waals surface area contributed by atoms with E-state index in [2.05, 4.69) is 10.3 Å². The molecule has 1 amide bonds. The lowest BCUT2D eigenvalue weighted by molar-refractivity contribution is -0.174. The van der Waals surface area contributed by atoms with E-state index < -0.39 is 44.9 Å². The minimum absolute atomic E-state index is 0.0242. The first-order valence-electron chi connectivity index (χ1n) is 12.6. The van der Waals surface area contributed by atoms with Gasteiger partial charge < -0.3 is 20.1 Å². The first kappa shape index (κ1) is 31.6. The molecule has 4 rings (SSSR count). The Labute approximate surface area is 248 Å². The van der Waals surface area contributed by atoms with Gasteiger partial charge in [0, 0.05) is 35.3 Å². The number of amides is 1. The van der Waals surface area contributed by atoms with Gasteiger partial charge in [0.1, 0.15) is 22.2 Å². The predicted molar refractivity (Wildman–Crippen MR) is 150 cm³/mol. The van der Waals surface area contributed by atoms with Gasteiger partial charge in [-0.15, -0.1) is 11.3 Å². The van der Waals surface area contributed by atoms with Gasteiger partial charge in [-0.1, -0.05) is 24.4 Å². The van der Waals surface area contributed by atoms with Crippen molar-refractivity contribution in [2.24, 2.45) is 0 Å². The van der Waals surface area contributed by atoms with Crippen molar-refractivity contribution in [2.75, 3.05) is 23.8 Å². The van der Waals surface area contributed by atoms with Crippen LogP contribution in [0.2, 0.25) is 5.02 Å². The highest BCUT2D eigenvalue weighted by Gasteiger charge is 2.41. The number of hydrogen-bond acceptors (Lipinski definition) is 8. The fourth-order valence-corrected chi connectivity index (χ4v) is 7.24. The molecule has 1 aliphatic carbocycles. The van der Waals surface area contributed by atoms with Gasteiger partial charge in [-0.25, -0.2) is 22.1 Å². The first-order chi connectivity index (χ1) is 19.8. The summed E-state index contributed by atoms with van der Waals surface area (Å²) in [5, 5.41) is 6.33. The van der Waals surface area contributed by atoms with Crippen molar-refractivity contribution in [3.05, 3.63) is 58.3 Å². The molecule has 1 heterocycles. The normalized spacial score (nSPS) is 17.4. The molecule has 1 aromatic heterocycles. The van der Waals surface area contributed by atoms with Gasteiger partial charge in [-0.05, 0) is 37.1 Å². The van der Waals surface area contributed by atoms with E-state index in [-0.39, 0.29) is 28.8 Å². The van der Waals surface area contributed by atoms with Crippen LogP contribution in [0.4, 0.5) is 28.4 Å². The standard InChI is InChI=1S/C26H27ClF4N4O5S2/c1-39-16-8-7-15(22(11-16)40-2)14-35(25-32-9-10-41-25)42(37,38)23-12-17(27)21(13-18(23)28)33-19-5-3-4-6-20(19)34-24(36)26(29,30)31/h7-13,19-20,33H,3-6,14H2,1-2H3,(H,34,36)/t19-,20-/m0/s1. The fraction of sp³-hybridized carbons (Fsp3) is 0.385. The summed E-state index contributed by atoms with van der Waals surface area (Å²) in [6.45, 7) is -0.261. The van der Waals surface area contributed by atoms with Crippen LogP contribution in [0.3, 0.4) is 0 Å². The van der Waals surface area contributed by atoms with Crippen LogP contribution in [-0.4, -0.2) is 51.8 Å². The van der Waals surface area contributed by atoms with Crippen molar-refractivity contribution in [3.8, 4) is 11.5 Å². The van der Waals surface area contributed by atoms with Crippen molar-refractivity contribution >= 4 is 49.7 Å². The van der Waals surface area contributed by atoms with Gasteiger partial charge in [0.15, 0.2) is 5.13 Å². The molecule has 1 fully saturated rings. The molecule has 1 saturated carbocycles. The number of aromatic nitrogens is 1. The Balaban J connectivity index is 1.64. The van der Waals surface area contributed by atoms with E-state index in [1.54, 1.807) is 23.6 Å². The number of anilines is 2. The highest BCUT2D eigenvalue weighted by Crippen LogP contribution is 2.36. The number of carbonyl (C=O) groups excluding carboxylic acids is 1. The number of sulfonamides is 1. The summed E-state index contributed by atoms with van der Waals surface area (Å²) in [7, 11) is -1.70. The van der Waals surface area contributed by atoms with E-state index >= 15 is 4.39 Å². The molecule has 3 aromatic rings. The molecule has 16 heteroatoms. The number of nitrogens with one attached hydrogen (secondary N) is 2. The summed E-state index contributed by atoms with van der Waals surface area (Å²) < 4.78 is 93.3. The third kappa shape index (κ3) is 7.01. The summed E-state index contributed by atoms with van der Waals surface area (Å²) in [6.07, 6.45) is -1.76. The van der Waals surface area contributed by atoms with E-state index in [4.69, 9.17) is 21.1 Å². The van der Waals surface area contributed by atoms with Crippen LogP contribution in [0.5, 0.6) is 11.5 Å². The lowest BCUT2D eigenvalue weighted by atomic mass is 9.90. The summed E-state index contributed by atoms with van der Waals surface area (Å²) in [5.41, 5.74) is 0.426. The zero-order chi connectivity index (χ0) is 30.7. The Morgan fingerprint density at radius 1 is 1.14 bits per heavy atom. The minimum atomic E-state index is -5.05. The number of benzene rings is 2. The van der Waals surface area contributed by atoms with Crippen molar-refractivity contribution in [2.45, 2.75) is 55.4 Å². The highest BCUT2D eigenvalue weighted by atomic mass is 35.5. The van der Waals surface area contributed by atoms with Gasteiger partial charge in [0.05, 0.1) is 31.5 Å². The number of rotatable bonds is 10. The van der Waals surface area contributed by atoms with Crippen LogP contribution < -0.4 is 24.4 Å². The van der Waals surface area contributed by atoms with E-state index in [9.17, 15) is 26.4 Å². The molecular weight excluding hydrogens is 624 g/mol. The summed E-state index contributed by atoms with van der Waals surface area (Å²) in [5.74, 6) is -2.39. The second-order valence-electron chi connectivity index (χ2n) is 9.38. The van der Waals surface area contributed by atoms with E-state index in [1.807, 2.05) is 5.32 Å². The monoisotopic (exact) mass is 650 g/mol. The zero-order valence-corrected chi connectivity index (χ0v) is 24.8. The number of alkyl halides is 3. The third-order valence-electron chi connectivity index (χ3n) is 6.71. The molecule has 228 valence electrons. The maximum Gasteiger partial charge on any atom is 0.471 e. The molecule has 0 saturated heterocycles. The quantitative estimate of drug-likeness (QED) is 0.269. The Morgan fingerprint density at radius 2 is 1.86 bits per heavy atom. The van der Waals surface area contributed by atoms with Crippen molar-refractivity contribution in [1.82, 2.24) is 10.3 Å². The largest absolute Gasteiger partial charge is 0.497 e. The Hall–Kier alpha value is -3.30. The fourth-order valence-electron chi connectivity index (χ4n) is 4.61. The molecule has 1 aliphatic rings. The number of methoxy groups -OCH3 is 2. The van der Waals surface area contributed by atoms with Crippen LogP contribution in [0, 0.1) is 5.82 Å². The molecule has 0 spiro atoms. The van der Waals surface area contributed by atoms with Crippen LogP contribution >= 0.6 is 22.9 Å². The molecule has 9 nitrogen and oxygen atoms in total. The SMILES string of the molecule is COc1ccc(CN(c2nccs2)S(=O)(=O)c2cc(Cl)c(N[C@H]3CCCC[C@@H]3NC(=O)C(F)(F)F)cc2F)c(OC)c1. The molecule has 2 N–H and O–H groups in total. The molecule has 0 unspecified atom stereocenters. The molecule has 0 bridgehead atoms. The third-order valence-corrected chi connectivity index (χ3v) is 9.68. The van der Waals surface area contributed by atoms with Crippen molar-refractivity contribution in [3.63, 3.8) is 0 Å². The molecule has 0 aliphatic heterocycles. The van der Waals surface area contributed by atoms with Crippen molar-refractivity contribution < 1.29 is 40.2 Å².